The SMILES string of the molecule is COCc1noc([C@H](C)Sc2nnc(C)n2-c2ccccc2C)n1. The van der Waals surface area contributed by atoms with E-state index in [1.54, 1.807) is 7.11 Å². The van der Waals surface area contributed by atoms with Crippen LogP contribution in [0.4, 0.5) is 0 Å². The molecule has 0 saturated heterocycles. The Morgan fingerprint density at radius 2 is 2.04 bits per heavy atom. The Balaban J connectivity index is 1.87. The third kappa shape index (κ3) is 3.34. The Morgan fingerprint density at radius 1 is 1.25 bits per heavy atom. The summed E-state index contributed by atoms with van der Waals surface area (Å²) < 4.78 is 12.4. The average Bonchev–Trinajstić information content (AvgIpc) is 3.16. The molecule has 0 spiro atoms. The maximum Gasteiger partial charge on any atom is 0.240 e. The minimum Gasteiger partial charge on any atom is -0.377 e. The van der Waals surface area contributed by atoms with E-state index in [1.807, 2.05) is 30.5 Å². The number of hydrogen-bond donors (Lipinski definition) is 0. The van der Waals surface area contributed by atoms with Gasteiger partial charge in [-0.2, -0.15) is 4.98 Å². The van der Waals surface area contributed by atoms with Crippen LogP contribution in [0.2, 0.25) is 0 Å². The van der Waals surface area contributed by atoms with E-state index in [9.17, 15) is 0 Å². The van der Waals surface area contributed by atoms with Crippen LogP contribution in [0.15, 0.2) is 33.9 Å². The van der Waals surface area contributed by atoms with E-state index >= 15 is 0 Å². The standard InChI is InChI=1S/C16H19N5O2S/c1-10-7-5-6-8-13(10)21-12(3)18-19-16(21)24-11(2)15-17-14(9-22-4)20-23-15/h5-8,11H,9H2,1-4H3/t11-/m0/s1. The Hall–Kier alpha value is -2.19. The molecule has 0 saturated carbocycles. The van der Waals surface area contributed by atoms with Crippen molar-refractivity contribution in [1.82, 2.24) is 24.9 Å². The van der Waals surface area contributed by atoms with Crippen LogP contribution in [0.25, 0.3) is 5.69 Å². The second-order valence-corrected chi connectivity index (χ2v) is 6.70. The van der Waals surface area contributed by atoms with E-state index in [0.29, 0.717) is 18.3 Å². The molecular weight excluding hydrogens is 326 g/mol. The molecule has 0 radical (unpaired) electrons. The Bertz CT molecular complexity index is 829. The maximum atomic E-state index is 5.31. The van der Waals surface area contributed by atoms with Crippen LogP contribution in [0.1, 0.15) is 35.3 Å². The number of hydrogen-bond acceptors (Lipinski definition) is 7. The van der Waals surface area contributed by atoms with Gasteiger partial charge in [0.1, 0.15) is 12.4 Å². The fourth-order valence-electron chi connectivity index (χ4n) is 2.34. The largest absolute Gasteiger partial charge is 0.377 e. The van der Waals surface area contributed by atoms with Gasteiger partial charge in [-0.25, -0.2) is 0 Å². The van der Waals surface area contributed by atoms with Crippen molar-refractivity contribution in [2.24, 2.45) is 0 Å². The summed E-state index contributed by atoms with van der Waals surface area (Å²) in [5, 5.41) is 13.2. The molecule has 2 heterocycles. The molecule has 1 aromatic carbocycles. The molecule has 0 aliphatic carbocycles. The number of thioether (sulfide) groups is 1. The van der Waals surface area contributed by atoms with Crippen LogP contribution in [-0.2, 0) is 11.3 Å². The molecule has 126 valence electrons. The summed E-state index contributed by atoms with van der Waals surface area (Å²) in [5.74, 6) is 1.92. The zero-order chi connectivity index (χ0) is 17.1. The number of para-hydroxylation sites is 1. The minimum atomic E-state index is -0.0468. The van der Waals surface area contributed by atoms with Crippen LogP contribution in [0.3, 0.4) is 0 Å². The van der Waals surface area contributed by atoms with Crippen molar-refractivity contribution < 1.29 is 9.26 Å². The molecule has 0 amide bonds. The minimum absolute atomic E-state index is 0.0468. The Morgan fingerprint density at radius 3 is 2.79 bits per heavy atom. The van der Waals surface area contributed by atoms with Gasteiger partial charge < -0.3 is 9.26 Å². The van der Waals surface area contributed by atoms with Crippen molar-refractivity contribution in [3.63, 3.8) is 0 Å². The van der Waals surface area contributed by atoms with Gasteiger partial charge in [-0.05, 0) is 32.4 Å². The van der Waals surface area contributed by atoms with E-state index in [2.05, 4.69) is 39.4 Å². The molecule has 3 aromatic rings. The van der Waals surface area contributed by atoms with Gasteiger partial charge in [0, 0.05) is 7.11 Å². The summed E-state index contributed by atoms with van der Waals surface area (Å²) >= 11 is 1.53. The number of benzene rings is 1. The van der Waals surface area contributed by atoms with E-state index in [-0.39, 0.29) is 5.25 Å². The topological polar surface area (TPSA) is 78.9 Å². The molecule has 7 nitrogen and oxygen atoms in total. The normalized spacial score (nSPS) is 12.5. The molecule has 1 atom stereocenters. The number of aryl methyl sites for hydroxylation is 2. The Labute approximate surface area is 144 Å². The number of methoxy groups -OCH3 is 1. The third-order valence-corrected chi connectivity index (χ3v) is 4.57. The first kappa shape index (κ1) is 16.7. The average molecular weight is 345 g/mol. The lowest BCUT2D eigenvalue weighted by molar-refractivity contribution is 0.174. The number of ether oxygens (including phenoxy) is 1. The molecule has 0 aliphatic heterocycles. The van der Waals surface area contributed by atoms with E-state index in [0.717, 1.165) is 22.2 Å². The molecular formula is C16H19N5O2S. The summed E-state index contributed by atoms with van der Waals surface area (Å²) in [6, 6.07) is 8.16. The number of aromatic nitrogens is 5. The highest BCUT2D eigenvalue weighted by Crippen LogP contribution is 2.34. The van der Waals surface area contributed by atoms with Gasteiger partial charge in [-0.15, -0.1) is 10.2 Å². The van der Waals surface area contributed by atoms with Gasteiger partial charge in [0.2, 0.25) is 5.89 Å². The molecule has 0 N–H and O–H groups in total. The molecule has 3 rings (SSSR count). The molecule has 0 aliphatic rings. The van der Waals surface area contributed by atoms with Gasteiger partial charge in [-0.1, -0.05) is 35.1 Å². The zero-order valence-corrected chi connectivity index (χ0v) is 14.9. The number of nitrogens with zero attached hydrogens (tertiary/aromatic N) is 5. The summed E-state index contributed by atoms with van der Waals surface area (Å²) in [4.78, 5) is 4.34. The summed E-state index contributed by atoms with van der Waals surface area (Å²) in [7, 11) is 1.60. The zero-order valence-electron chi connectivity index (χ0n) is 14.1. The molecule has 2 aromatic heterocycles. The smallest absolute Gasteiger partial charge is 0.240 e. The van der Waals surface area contributed by atoms with Gasteiger partial charge in [0.25, 0.3) is 0 Å². The van der Waals surface area contributed by atoms with Crippen molar-refractivity contribution in [3.8, 4) is 5.69 Å². The highest BCUT2D eigenvalue weighted by molar-refractivity contribution is 7.99. The van der Waals surface area contributed by atoms with Gasteiger partial charge in [-0.3, -0.25) is 4.57 Å². The van der Waals surface area contributed by atoms with Crippen molar-refractivity contribution in [3.05, 3.63) is 47.4 Å². The van der Waals surface area contributed by atoms with E-state index < -0.39 is 0 Å². The highest BCUT2D eigenvalue weighted by atomic mass is 32.2. The van der Waals surface area contributed by atoms with Crippen molar-refractivity contribution in [2.75, 3.05) is 7.11 Å². The fraction of sp³-hybridized carbons (Fsp3) is 0.375. The lowest BCUT2D eigenvalue weighted by Gasteiger charge is -2.12. The highest BCUT2D eigenvalue weighted by Gasteiger charge is 2.21. The molecule has 24 heavy (non-hydrogen) atoms. The van der Waals surface area contributed by atoms with Gasteiger partial charge >= 0.3 is 0 Å². The monoisotopic (exact) mass is 345 g/mol. The van der Waals surface area contributed by atoms with E-state index in [1.165, 1.54) is 11.8 Å². The van der Waals surface area contributed by atoms with Crippen molar-refractivity contribution in [2.45, 2.75) is 37.8 Å². The third-order valence-electron chi connectivity index (χ3n) is 3.54. The van der Waals surface area contributed by atoms with Gasteiger partial charge in [0.15, 0.2) is 11.0 Å². The van der Waals surface area contributed by atoms with Crippen LogP contribution >= 0.6 is 11.8 Å². The molecule has 0 bridgehead atoms. The van der Waals surface area contributed by atoms with Crippen LogP contribution in [0.5, 0.6) is 0 Å². The first-order chi connectivity index (χ1) is 11.6. The Kier molecular flexibility index (Phi) is 4.96. The first-order valence-electron chi connectivity index (χ1n) is 7.56. The first-order valence-corrected chi connectivity index (χ1v) is 8.44. The second-order valence-electron chi connectivity index (χ2n) is 5.39. The predicted octanol–water partition coefficient (Wildman–Crippen LogP) is 3.27. The molecule has 0 fully saturated rings. The van der Waals surface area contributed by atoms with Crippen LogP contribution < -0.4 is 0 Å². The lowest BCUT2D eigenvalue weighted by Crippen LogP contribution is -2.02. The molecule has 8 heteroatoms. The molecule has 0 unspecified atom stereocenters. The van der Waals surface area contributed by atoms with Crippen molar-refractivity contribution in [1.29, 1.82) is 0 Å². The predicted molar refractivity (Wildman–Crippen MR) is 90.1 cm³/mol. The quantitative estimate of drug-likeness (QED) is 0.634. The summed E-state index contributed by atoms with van der Waals surface area (Å²) in [6.07, 6.45) is 0. The maximum absolute atomic E-state index is 5.31. The second kappa shape index (κ2) is 7.14. The summed E-state index contributed by atoms with van der Waals surface area (Å²) in [5.41, 5.74) is 2.23. The van der Waals surface area contributed by atoms with E-state index in [4.69, 9.17) is 9.26 Å². The van der Waals surface area contributed by atoms with Crippen LogP contribution in [0, 0.1) is 13.8 Å². The van der Waals surface area contributed by atoms with Crippen molar-refractivity contribution >= 4 is 11.8 Å². The number of rotatable bonds is 6. The summed E-state index contributed by atoms with van der Waals surface area (Å²) in [6.45, 7) is 6.35. The van der Waals surface area contributed by atoms with Crippen LogP contribution in [-0.4, -0.2) is 32.0 Å². The lowest BCUT2D eigenvalue weighted by atomic mass is 10.2. The van der Waals surface area contributed by atoms with Gasteiger partial charge in [0.05, 0.1) is 10.9 Å². The fourth-order valence-corrected chi connectivity index (χ4v) is 3.28.